The van der Waals surface area contributed by atoms with E-state index in [1.807, 2.05) is 36.4 Å². The van der Waals surface area contributed by atoms with Crippen molar-refractivity contribution in [3.05, 3.63) is 144 Å². The van der Waals surface area contributed by atoms with Crippen LogP contribution in [-0.4, -0.2) is 90.6 Å². The van der Waals surface area contributed by atoms with Gasteiger partial charge in [0.15, 0.2) is 0 Å². The van der Waals surface area contributed by atoms with Crippen LogP contribution in [-0.2, 0) is 9.59 Å². The average molecular weight is 851 g/mol. The molecule has 0 spiro atoms. The largest absolute Gasteiger partial charge is 0.340 e. The zero-order chi connectivity index (χ0) is 43.9. The lowest BCUT2D eigenvalue weighted by Crippen LogP contribution is -2.43. The molecule has 2 fully saturated rings. The van der Waals surface area contributed by atoms with Crippen LogP contribution in [0.5, 0.6) is 0 Å². The van der Waals surface area contributed by atoms with Crippen molar-refractivity contribution in [2.75, 3.05) is 39.3 Å². The van der Waals surface area contributed by atoms with E-state index in [4.69, 9.17) is 9.97 Å². The van der Waals surface area contributed by atoms with Gasteiger partial charge in [-0.1, -0.05) is 125 Å². The number of likely N-dealkylation sites (tertiary alicyclic amines) is 2. The number of hydrogen-bond donors (Lipinski definition) is 2. The fourth-order valence-corrected chi connectivity index (χ4v) is 10.7. The molecular weight excluding hydrogens is 793 g/mol. The summed E-state index contributed by atoms with van der Waals surface area (Å²) >= 11 is 0. The molecule has 4 heterocycles. The summed E-state index contributed by atoms with van der Waals surface area (Å²) in [5, 5.41) is 4.41. The standard InChI is InChI=1S/C54H58N8O2/c1-5-59(6-2)49(35-17-11-9-12-18-35)53(63)61-31-15-21-45(61)51-55-43-29-25-39-33-37(23-27-41(39)47(43)57-51)38-24-28-42-40(34-38)26-30-44-48(42)58-52(56-44)46-22-16-32-62(46)54(64)50(60(7-3)8-4)36-19-13-10-14-20-36/h9-14,17-20,23-30,33-34,45-46,49-50H,5-8,15-16,21-22,31-32H2,1-4H3,(H,55,57)(H,56,58)/t45-,46-,49+,50+/m0/s1. The number of rotatable bonds is 13. The molecule has 4 atom stereocenters. The predicted molar refractivity (Wildman–Crippen MR) is 258 cm³/mol. The van der Waals surface area contributed by atoms with Crippen molar-refractivity contribution < 1.29 is 9.59 Å². The van der Waals surface area contributed by atoms with Crippen LogP contribution in [0.25, 0.3) is 54.7 Å². The number of benzene rings is 6. The van der Waals surface area contributed by atoms with Crippen molar-refractivity contribution in [2.24, 2.45) is 0 Å². The van der Waals surface area contributed by atoms with Gasteiger partial charge in [0.2, 0.25) is 11.8 Å². The molecule has 0 saturated carbocycles. The maximum Gasteiger partial charge on any atom is 0.245 e. The monoisotopic (exact) mass is 850 g/mol. The van der Waals surface area contributed by atoms with Crippen molar-refractivity contribution >= 4 is 55.4 Å². The molecule has 2 aliphatic heterocycles. The third-order valence-electron chi connectivity index (χ3n) is 14.1. The molecule has 10 rings (SSSR count). The van der Waals surface area contributed by atoms with Gasteiger partial charge >= 0.3 is 0 Å². The molecular formula is C54H58N8O2. The van der Waals surface area contributed by atoms with Crippen LogP contribution < -0.4 is 0 Å². The van der Waals surface area contributed by atoms with Crippen molar-refractivity contribution in [3.8, 4) is 11.1 Å². The summed E-state index contributed by atoms with van der Waals surface area (Å²) in [6.45, 7) is 13.1. The summed E-state index contributed by atoms with van der Waals surface area (Å²) in [7, 11) is 0. The number of hydrogen-bond acceptors (Lipinski definition) is 6. The SMILES string of the molecule is CCN(CC)[C@@H](C(=O)N1CCC[C@H]1c1nc2c(ccc3cc(-c4ccc5c(ccc6[nH]c([C@@H]7CCCN7C(=O)[C@@H](c7ccccc7)N(CC)CC)nc65)c4)ccc32)[nH]1)c1ccccc1. The lowest BCUT2D eigenvalue weighted by atomic mass is 9.98. The minimum Gasteiger partial charge on any atom is -0.340 e. The number of imidazole rings is 2. The van der Waals surface area contributed by atoms with E-state index >= 15 is 0 Å². The Balaban J connectivity index is 0.914. The first-order chi connectivity index (χ1) is 31.4. The van der Waals surface area contributed by atoms with Crippen molar-refractivity contribution in [1.29, 1.82) is 0 Å². The Labute approximate surface area is 375 Å². The summed E-state index contributed by atoms with van der Waals surface area (Å²) in [6.07, 6.45) is 3.66. The number of nitrogens with zero attached hydrogens (tertiary/aromatic N) is 6. The highest BCUT2D eigenvalue weighted by Crippen LogP contribution is 2.39. The summed E-state index contributed by atoms with van der Waals surface area (Å²) in [5.74, 6) is 2.00. The zero-order valence-electron chi connectivity index (χ0n) is 37.4. The van der Waals surface area contributed by atoms with Gasteiger partial charge in [-0.3, -0.25) is 19.4 Å². The number of carbonyl (C=O) groups is 2. The summed E-state index contributed by atoms with van der Waals surface area (Å²) < 4.78 is 0. The van der Waals surface area contributed by atoms with Crippen molar-refractivity contribution in [1.82, 2.24) is 39.5 Å². The van der Waals surface area contributed by atoms with Crippen LogP contribution in [0.15, 0.2) is 121 Å². The molecule has 326 valence electrons. The van der Waals surface area contributed by atoms with E-state index in [1.165, 1.54) is 0 Å². The van der Waals surface area contributed by atoms with E-state index in [0.29, 0.717) is 0 Å². The second-order valence-electron chi connectivity index (χ2n) is 17.5. The molecule has 2 aliphatic rings. The molecule has 0 bridgehead atoms. The normalized spacial score (nSPS) is 17.8. The average Bonchev–Trinajstić information content (AvgIpc) is 4.18. The second-order valence-corrected chi connectivity index (χ2v) is 17.5. The Morgan fingerprint density at radius 3 is 1.36 bits per heavy atom. The number of aromatic nitrogens is 4. The van der Waals surface area contributed by atoms with Gasteiger partial charge < -0.3 is 19.8 Å². The van der Waals surface area contributed by atoms with Gasteiger partial charge in [-0.25, -0.2) is 9.97 Å². The number of amides is 2. The summed E-state index contributed by atoms with van der Waals surface area (Å²) in [4.78, 5) is 55.2. The van der Waals surface area contributed by atoms with E-state index in [-0.39, 0.29) is 36.0 Å². The molecule has 0 aliphatic carbocycles. The van der Waals surface area contributed by atoms with E-state index in [9.17, 15) is 9.59 Å². The van der Waals surface area contributed by atoms with E-state index in [0.717, 1.165) is 142 Å². The molecule has 6 aromatic carbocycles. The topological polar surface area (TPSA) is 104 Å². The Bertz CT molecular complexity index is 2750. The maximum absolute atomic E-state index is 14.4. The zero-order valence-corrected chi connectivity index (χ0v) is 37.4. The van der Waals surface area contributed by atoms with Crippen LogP contribution in [0.3, 0.4) is 0 Å². The summed E-state index contributed by atoms with van der Waals surface area (Å²) in [5.41, 5.74) is 8.16. The molecule has 0 unspecified atom stereocenters. The Morgan fingerprint density at radius 2 is 0.969 bits per heavy atom. The molecule has 8 aromatic rings. The fourth-order valence-electron chi connectivity index (χ4n) is 10.7. The summed E-state index contributed by atoms with van der Waals surface area (Å²) in [6, 6.07) is 41.4. The van der Waals surface area contributed by atoms with Crippen molar-refractivity contribution in [2.45, 2.75) is 77.5 Å². The fraction of sp³-hybridized carbons (Fsp3) is 0.333. The number of aromatic amines is 2. The Morgan fingerprint density at radius 1 is 0.562 bits per heavy atom. The highest BCUT2D eigenvalue weighted by molar-refractivity contribution is 6.07. The van der Waals surface area contributed by atoms with E-state index < -0.39 is 0 Å². The smallest absolute Gasteiger partial charge is 0.245 e. The first-order valence-electron chi connectivity index (χ1n) is 23.4. The van der Waals surface area contributed by atoms with Crippen LogP contribution >= 0.6 is 0 Å². The first-order valence-corrected chi connectivity index (χ1v) is 23.4. The molecule has 64 heavy (non-hydrogen) atoms. The number of nitrogens with one attached hydrogen (secondary N) is 2. The second kappa shape index (κ2) is 17.7. The number of H-pyrrole nitrogens is 2. The molecule has 2 aromatic heterocycles. The van der Waals surface area contributed by atoms with Gasteiger partial charge in [-0.15, -0.1) is 0 Å². The van der Waals surface area contributed by atoms with Gasteiger partial charge in [0.1, 0.15) is 23.7 Å². The molecule has 10 heteroatoms. The van der Waals surface area contributed by atoms with Gasteiger partial charge in [0.25, 0.3) is 0 Å². The van der Waals surface area contributed by atoms with Crippen LogP contribution in [0.2, 0.25) is 0 Å². The van der Waals surface area contributed by atoms with Gasteiger partial charge in [0.05, 0.1) is 34.2 Å². The quantitative estimate of drug-likeness (QED) is 0.120. The third-order valence-corrected chi connectivity index (χ3v) is 14.1. The molecule has 2 amide bonds. The van der Waals surface area contributed by atoms with Gasteiger partial charge in [0, 0.05) is 23.9 Å². The van der Waals surface area contributed by atoms with Crippen LogP contribution in [0.1, 0.15) is 100 Å². The van der Waals surface area contributed by atoms with Crippen LogP contribution in [0, 0.1) is 0 Å². The van der Waals surface area contributed by atoms with Crippen LogP contribution in [0.4, 0.5) is 0 Å². The highest BCUT2D eigenvalue weighted by atomic mass is 16.2. The molecule has 10 nitrogen and oxygen atoms in total. The predicted octanol–water partition coefficient (Wildman–Crippen LogP) is 10.9. The van der Waals surface area contributed by atoms with E-state index in [1.54, 1.807) is 0 Å². The number of likely N-dealkylation sites (N-methyl/N-ethyl adjacent to an activating group) is 2. The first kappa shape index (κ1) is 41.6. The minimum atomic E-state index is -0.324. The molecule has 2 saturated heterocycles. The van der Waals surface area contributed by atoms with E-state index in [2.05, 4.69) is 142 Å². The minimum absolute atomic E-state index is 0.102. The number of carbonyl (C=O) groups excluding carboxylic acids is 2. The highest BCUT2D eigenvalue weighted by Gasteiger charge is 2.39. The lowest BCUT2D eigenvalue weighted by Gasteiger charge is -2.34. The Kier molecular flexibility index (Phi) is 11.5. The Hall–Kier alpha value is -6.36. The molecule has 0 radical (unpaired) electrons. The number of fused-ring (bicyclic) bond motifs is 6. The van der Waals surface area contributed by atoms with Gasteiger partial charge in [-0.2, -0.15) is 0 Å². The van der Waals surface area contributed by atoms with Crippen molar-refractivity contribution in [3.63, 3.8) is 0 Å². The maximum atomic E-state index is 14.4. The van der Waals surface area contributed by atoms with Gasteiger partial charge in [-0.05, 0) is 109 Å². The lowest BCUT2D eigenvalue weighted by molar-refractivity contribution is -0.139. The molecule has 2 N–H and O–H groups in total. The third kappa shape index (κ3) is 7.42.